The van der Waals surface area contributed by atoms with Crippen molar-refractivity contribution in [2.45, 2.75) is 30.2 Å². The SMILES string of the molecule is O=C(O)C1=C(C[N+]2(CCNC(=O)c3ccc(O)c(O)c3Cl)CCCC2)CS[C@@H]2[C@H](NC(=O)C(C(=O)O)c3ccc(O)cc3)C(=O)N12. The van der Waals surface area contributed by atoms with Gasteiger partial charge in [-0.15, -0.1) is 11.8 Å². The van der Waals surface area contributed by atoms with Gasteiger partial charge in [0.15, 0.2) is 17.4 Å². The van der Waals surface area contributed by atoms with E-state index in [0.717, 1.165) is 36.9 Å². The fourth-order valence-corrected chi connectivity index (χ4v) is 7.80. The topological polar surface area (TPSA) is 214 Å². The van der Waals surface area contributed by atoms with Crippen molar-refractivity contribution >= 4 is 53.0 Å². The number of phenolic OH excluding ortho intramolecular Hbond substituents is 3. The second-order valence-corrected chi connectivity index (χ2v) is 12.9. The summed E-state index contributed by atoms with van der Waals surface area (Å²) in [6.45, 7) is 2.44. The van der Waals surface area contributed by atoms with Crippen LogP contribution >= 0.6 is 23.4 Å². The molecule has 244 valence electrons. The van der Waals surface area contributed by atoms with Crippen molar-refractivity contribution in [1.29, 1.82) is 0 Å². The second-order valence-electron chi connectivity index (χ2n) is 11.4. The molecular weight excluding hydrogens is 644 g/mol. The van der Waals surface area contributed by atoms with Crippen molar-refractivity contribution in [1.82, 2.24) is 15.5 Å². The van der Waals surface area contributed by atoms with Gasteiger partial charge in [-0.2, -0.15) is 0 Å². The van der Waals surface area contributed by atoms with E-state index < -0.39 is 58.5 Å². The number of thioether (sulfide) groups is 1. The molecule has 2 fully saturated rings. The van der Waals surface area contributed by atoms with Crippen LogP contribution in [-0.4, -0.2) is 114 Å². The van der Waals surface area contributed by atoms with Crippen molar-refractivity contribution in [3.63, 3.8) is 0 Å². The number of likely N-dealkylation sites (tertiary alicyclic amines) is 1. The number of nitrogens with zero attached hydrogens (tertiary/aromatic N) is 2. The molecule has 0 bridgehead atoms. The van der Waals surface area contributed by atoms with Crippen molar-refractivity contribution in [2.75, 3.05) is 38.5 Å². The Labute approximate surface area is 271 Å². The molecule has 3 aliphatic heterocycles. The molecule has 16 heteroatoms. The van der Waals surface area contributed by atoms with Gasteiger partial charge in [-0.05, 0) is 29.8 Å². The van der Waals surface area contributed by atoms with E-state index in [2.05, 4.69) is 10.6 Å². The minimum Gasteiger partial charge on any atom is -0.508 e. The number of hydrogen-bond donors (Lipinski definition) is 7. The van der Waals surface area contributed by atoms with Gasteiger partial charge in [0.1, 0.15) is 29.4 Å². The summed E-state index contributed by atoms with van der Waals surface area (Å²) in [5, 5.41) is 53.1. The van der Waals surface area contributed by atoms with Gasteiger partial charge in [0.2, 0.25) is 5.91 Å². The van der Waals surface area contributed by atoms with Crippen LogP contribution in [0.2, 0.25) is 5.02 Å². The summed E-state index contributed by atoms with van der Waals surface area (Å²) >= 11 is 7.29. The highest BCUT2D eigenvalue weighted by molar-refractivity contribution is 8.00. The summed E-state index contributed by atoms with van der Waals surface area (Å²) in [5.41, 5.74) is 0.481. The lowest BCUT2D eigenvalue weighted by Gasteiger charge is -2.50. The molecule has 14 nitrogen and oxygen atoms in total. The molecule has 3 heterocycles. The number of carbonyl (C=O) groups excluding carboxylic acids is 3. The number of carboxylic acids is 2. The number of halogens is 1. The lowest BCUT2D eigenvalue weighted by atomic mass is 9.96. The standard InChI is InChI=1S/C30H31ClN4O10S/c31-21-18(7-8-19(37)24(21)38)25(39)32-9-12-35(10-1-2-11-35)13-16-14-46-28-22(27(41)34(28)23(16)30(44)45)33-26(40)20(29(42)43)15-3-5-17(36)6-4-15/h3-8,20,22,28H,1-2,9-14H2,(H6-,32,33,36,37,38,39,40,42,43,44,45)/p+1/t20?,22-,28-/m1/s1. The zero-order valence-corrected chi connectivity index (χ0v) is 25.9. The van der Waals surface area contributed by atoms with Gasteiger partial charge in [0.05, 0.1) is 36.8 Å². The minimum atomic E-state index is -1.64. The Kier molecular flexibility index (Phi) is 9.37. The normalized spacial score (nSPS) is 20.8. The Morgan fingerprint density at radius 1 is 1.02 bits per heavy atom. The molecule has 2 saturated heterocycles. The van der Waals surface area contributed by atoms with Crippen LogP contribution in [0.25, 0.3) is 0 Å². The van der Waals surface area contributed by atoms with Gasteiger partial charge in [-0.1, -0.05) is 23.7 Å². The molecule has 7 N–H and O–H groups in total. The smallest absolute Gasteiger partial charge is 0.352 e. The third-order valence-corrected chi connectivity index (χ3v) is 10.3. The van der Waals surface area contributed by atoms with Gasteiger partial charge in [0.25, 0.3) is 11.8 Å². The van der Waals surface area contributed by atoms with Crippen molar-refractivity contribution in [3.8, 4) is 17.2 Å². The Morgan fingerprint density at radius 2 is 1.70 bits per heavy atom. The Bertz CT molecular complexity index is 1630. The summed E-state index contributed by atoms with van der Waals surface area (Å²) in [4.78, 5) is 64.6. The number of hydrogen-bond acceptors (Lipinski definition) is 9. The maximum absolute atomic E-state index is 13.3. The molecule has 46 heavy (non-hydrogen) atoms. The monoisotopic (exact) mass is 675 g/mol. The Hall–Kier alpha value is -4.47. The first-order valence-electron chi connectivity index (χ1n) is 14.4. The number of amides is 3. The molecule has 5 rings (SSSR count). The number of quaternary nitrogens is 1. The highest BCUT2D eigenvalue weighted by Crippen LogP contribution is 2.42. The van der Waals surface area contributed by atoms with Gasteiger partial charge in [0, 0.05) is 24.2 Å². The first kappa shape index (κ1) is 32.9. The van der Waals surface area contributed by atoms with Crippen LogP contribution in [0.15, 0.2) is 47.7 Å². The zero-order chi connectivity index (χ0) is 33.3. The molecule has 0 aromatic heterocycles. The van der Waals surface area contributed by atoms with Crippen molar-refractivity contribution < 1.29 is 54.0 Å². The van der Waals surface area contributed by atoms with Crippen LogP contribution in [0.3, 0.4) is 0 Å². The lowest BCUT2D eigenvalue weighted by Crippen LogP contribution is -2.71. The number of aliphatic carboxylic acids is 2. The summed E-state index contributed by atoms with van der Waals surface area (Å²) in [5.74, 6) is -7.42. The first-order valence-corrected chi connectivity index (χ1v) is 15.8. The van der Waals surface area contributed by atoms with E-state index in [9.17, 15) is 49.5 Å². The molecule has 3 amide bonds. The van der Waals surface area contributed by atoms with Crippen molar-refractivity contribution in [2.24, 2.45) is 0 Å². The fraction of sp³-hybridized carbons (Fsp3) is 0.367. The van der Waals surface area contributed by atoms with Crippen LogP contribution in [0.5, 0.6) is 17.2 Å². The number of carbonyl (C=O) groups is 5. The van der Waals surface area contributed by atoms with E-state index in [-0.39, 0.29) is 39.9 Å². The van der Waals surface area contributed by atoms with E-state index in [1.54, 1.807) is 0 Å². The minimum absolute atomic E-state index is 0.00813. The van der Waals surface area contributed by atoms with Gasteiger partial charge < -0.3 is 40.6 Å². The van der Waals surface area contributed by atoms with Crippen LogP contribution in [0, 0.1) is 0 Å². The van der Waals surface area contributed by atoms with E-state index in [1.807, 2.05) is 0 Å². The third-order valence-electron chi connectivity index (χ3n) is 8.54. The van der Waals surface area contributed by atoms with E-state index in [0.29, 0.717) is 23.1 Å². The van der Waals surface area contributed by atoms with Crippen LogP contribution in [0.1, 0.15) is 34.7 Å². The number of phenols is 3. The summed E-state index contributed by atoms with van der Waals surface area (Å²) < 4.78 is 0.474. The number of β-lactam (4-membered cyclic amide) rings is 1. The number of aromatic hydroxyl groups is 3. The predicted molar refractivity (Wildman–Crippen MR) is 164 cm³/mol. The molecule has 0 spiro atoms. The number of carboxylic acid groups (broad SMARTS) is 2. The number of fused-ring (bicyclic) bond motifs is 1. The van der Waals surface area contributed by atoms with Gasteiger partial charge in [-0.25, -0.2) is 4.79 Å². The van der Waals surface area contributed by atoms with Crippen LogP contribution in [0.4, 0.5) is 0 Å². The summed E-state index contributed by atoms with van der Waals surface area (Å²) in [7, 11) is 0. The zero-order valence-electron chi connectivity index (χ0n) is 24.3. The summed E-state index contributed by atoms with van der Waals surface area (Å²) in [6.07, 6.45) is 1.78. The van der Waals surface area contributed by atoms with Crippen LogP contribution in [-0.2, 0) is 19.2 Å². The first-order chi connectivity index (χ1) is 21.8. The lowest BCUT2D eigenvalue weighted by molar-refractivity contribution is -0.911. The molecule has 2 aromatic carbocycles. The Morgan fingerprint density at radius 3 is 2.33 bits per heavy atom. The average Bonchev–Trinajstić information content (AvgIpc) is 3.47. The third kappa shape index (κ3) is 6.30. The molecule has 0 aliphatic carbocycles. The number of benzene rings is 2. The molecule has 3 aliphatic rings. The van der Waals surface area contributed by atoms with E-state index in [4.69, 9.17) is 11.6 Å². The maximum Gasteiger partial charge on any atom is 0.352 e. The van der Waals surface area contributed by atoms with Gasteiger partial charge >= 0.3 is 11.9 Å². The van der Waals surface area contributed by atoms with Crippen molar-refractivity contribution in [3.05, 3.63) is 63.8 Å². The quantitative estimate of drug-likeness (QED) is 0.0782. The van der Waals surface area contributed by atoms with E-state index in [1.165, 1.54) is 42.1 Å². The number of nitrogens with one attached hydrogen (secondary N) is 2. The fourth-order valence-electron chi connectivity index (χ4n) is 6.22. The number of rotatable bonds is 11. The largest absolute Gasteiger partial charge is 0.508 e. The van der Waals surface area contributed by atoms with E-state index >= 15 is 0 Å². The molecule has 2 aromatic rings. The Balaban J connectivity index is 1.28. The van der Waals surface area contributed by atoms with Crippen LogP contribution < -0.4 is 10.6 Å². The predicted octanol–water partition coefficient (Wildman–Crippen LogP) is 1.40. The summed E-state index contributed by atoms with van der Waals surface area (Å²) in [6, 6.07) is 6.42. The molecular formula is C30H32ClN4O10S+. The molecule has 3 atom stereocenters. The maximum atomic E-state index is 13.3. The highest BCUT2D eigenvalue weighted by Gasteiger charge is 2.55. The molecule has 0 radical (unpaired) electrons. The van der Waals surface area contributed by atoms with Gasteiger partial charge in [-0.3, -0.25) is 24.1 Å². The average molecular weight is 676 g/mol. The molecule has 1 unspecified atom stereocenters. The molecule has 0 saturated carbocycles. The second kappa shape index (κ2) is 13.1. The highest BCUT2D eigenvalue weighted by atomic mass is 35.5.